The lowest BCUT2D eigenvalue weighted by molar-refractivity contribution is 0.104. The van der Waals surface area contributed by atoms with E-state index in [1.54, 1.807) is 18.3 Å². The standard InChI is InChI=1S/C17H10N2O/c20-17-12-7-4-10-18-15(12)16-13(17)8-9-14(19-16)11-5-2-1-3-6-11/h1-10H. The molecule has 20 heavy (non-hydrogen) atoms. The number of aromatic nitrogens is 2. The van der Waals surface area contributed by atoms with Crippen LogP contribution in [0.15, 0.2) is 60.8 Å². The van der Waals surface area contributed by atoms with Crippen molar-refractivity contribution in [3.8, 4) is 22.6 Å². The summed E-state index contributed by atoms with van der Waals surface area (Å²) in [7, 11) is 0. The van der Waals surface area contributed by atoms with Gasteiger partial charge >= 0.3 is 0 Å². The van der Waals surface area contributed by atoms with Crippen LogP contribution in [0.2, 0.25) is 0 Å². The molecule has 0 saturated carbocycles. The Labute approximate surface area is 116 Å². The summed E-state index contributed by atoms with van der Waals surface area (Å²) in [6.07, 6.45) is 1.69. The second-order valence-electron chi connectivity index (χ2n) is 4.69. The van der Waals surface area contributed by atoms with E-state index in [1.165, 1.54) is 0 Å². The molecule has 0 saturated heterocycles. The van der Waals surface area contributed by atoms with Crippen molar-refractivity contribution in [2.45, 2.75) is 0 Å². The molecule has 3 nitrogen and oxygen atoms in total. The highest BCUT2D eigenvalue weighted by molar-refractivity contribution is 6.20. The number of hydrogen-bond donors (Lipinski definition) is 0. The van der Waals surface area contributed by atoms with Crippen LogP contribution in [-0.4, -0.2) is 15.8 Å². The molecule has 0 bridgehead atoms. The van der Waals surface area contributed by atoms with Gasteiger partial charge in [0.2, 0.25) is 0 Å². The van der Waals surface area contributed by atoms with Crippen molar-refractivity contribution in [3.63, 3.8) is 0 Å². The van der Waals surface area contributed by atoms with Gasteiger partial charge in [0.15, 0.2) is 5.78 Å². The van der Waals surface area contributed by atoms with E-state index in [2.05, 4.69) is 9.97 Å². The quantitative estimate of drug-likeness (QED) is 0.526. The summed E-state index contributed by atoms with van der Waals surface area (Å²) in [5, 5.41) is 0. The Bertz CT molecular complexity index is 825. The molecule has 4 rings (SSSR count). The van der Waals surface area contributed by atoms with Crippen LogP contribution in [0.4, 0.5) is 0 Å². The number of fused-ring (bicyclic) bond motifs is 3. The van der Waals surface area contributed by atoms with Crippen LogP contribution in [0.1, 0.15) is 15.9 Å². The summed E-state index contributed by atoms with van der Waals surface area (Å²) in [6.45, 7) is 0. The highest BCUT2D eigenvalue weighted by atomic mass is 16.1. The van der Waals surface area contributed by atoms with Crippen LogP contribution >= 0.6 is 0 Å². The van der Waals surface area contributed by atoms with E-state index in [9.17, 15) is 4.79 Å². The maximum atomic E-state index is 12.3. The average molecular weight is 258 g/mol. The first kappa shape index (κ1) is 11.1. The molecule has 1 aliphatic rings. The molecule has 0 atom stereocenters. The molecule has 1 aromatic carbocycles. The molecule has 3 aromatic rings. The molecule has 0 aliphatic heterocycles. The number of carbonyl (C=O) groups excluding carboxylic acids is 1. The van der Waals surface area contributed by atoms with Gasteiger partial charge in [-0.05, 0) is 24.3 Å². The van der Waals surface area contributed by atoms with Gasteiger partial charge in [-0.3, -0.25) is 9.78 Å². The lowest BCUT2D eigenvalue weighted by Gasteiger charge is -2.03. The molecular formula is C17H10N2O. The predicted octanol–water partition coefficient (Wildman–Crippen LogP) is 3.36. The highest BCUT2D eigenvalue weighted by Crippen LogP contribution is 2.34. The minimum Gasteiger partial charge on any atom is -0.288 e. The van der Waals surface area contributed by atoms with Gasteiger partial charge in [-0.1, -0.05) is 30.3 Å². The number of benzene rings is 1. The Hall–Kier alpha value is -2.81. The molecule has 0 spiro atoms. The molecule has 0 amide bonds. The van der Waals surface area contributed by atoms with E-state index in [0.717, 1.165) is 11.3 Å². The molecule has 0 fully saturated rings. The van der Waals surface area contributed by atoms with Crippen molar-refractivity contribution < 1.29 is 4.79 Å². The normalized spacial score (nSPS) is 12.1. The molecule has 94 valence electrons. The molecule has 0 unspecified atom stereocenters. The molecule has 3 heteroatoms. The fraction of sp³-hybridized carbons (Fsp3) is 0. The highest BCUT2D eigenvalue weighted by Gasteiger charge is 2.29. The third-order valence-corrected chi connectivity index (χ3v) is 3.49. The van der Waals surface area contributed by atoms with E-state index in [1.807, 2.05) is 42.5 Å². The topological polar surface area (TPSA) is 42.9 Å². The fourth-order valence-corrected chi connectivity index (χ4v) is 2.51. The second kappa shape index (κ2) is 4.10. The minimum absolute atomic E-state index is 0.00946. The Kier molecular flexibility index (Phi) is 2.27. The summed E-state index contributed by atoms with van der Waals surface area (Å²) < 4.78 is 0. The van der Waals surface area contributed by atoms with Crippen LogP contribution in [-0.2, 0) is 0 Å². The first-order valence-corrected chi connectivity index (χ1v) is 6.41. The number of ketones is 1. The van der Waals surface area contributed by atoms with Gasteiger partial charge in [-0.15, -0.1) is 0 Å². The smallest absolute Gasteiger partial charge is 0.197 e. The van der Waals surface area contributed by atoms with Crippen LogP contribution in [0.3, 0.4) is 0 Å². The van der Waals surface area contributed by atoms with Gasteiger partial charge in [0.25, 0.3) is 0 Å². The maximum absolute atomic E-state index is 12.3. The summed E-state index contributed by atoms with van der Waals surface area (Å²) in [5.74, 6) is 0.00946. The fourth-order valence-electron chi connectivity index (χ4n) is 2.51. The SMILES string of the molecule is O=C1c2cccnc2-c2nc(-c3ccccc3)ccc21. The number of carbonyl (C=O) groups is 1. The van der Waals surface area contributed by atoms with Crippen LogP contribution in [0, 0.1) is 0 Å². The van der Waals surface area contributed by atoms with Gasteiger partial charge in [-0.25, -0.2) is 4.98 Å². The number of pyridine rings is 2. The summed E-state index contributed by atoms with van der Waals surface area (Å²) in [4.78, 5) is 21.2. The summed E-state index contributed by atoms with van der Waals surface area (Å²) in [5.41, 5.74) is 4.54. The Balaban J connectivity index is 1.94. The lowest BCUT2D eigenvalue weighted by Crippen LogP contribution is -1.95. The molecule has 2 heterocycles. The monoisotopic (exact) mass is 258 g/mol. The Morgan fingerprint density at radius 1 is 0.750 bits per heavy atom. The second-order valence-corrected chi connectivity index (χ2v) is 4.69. The van der Waals surface area contributed by atoms with Crippen molar-refractivity contribution in [3.05, 3.63) is 71.9 Å². The molecular weight excluding hydrogens is 248 g/mol. The van der Waals surface area contributed by atoms with Crippen molar-refractivity contribution >= 4 is 5.78 Å². The van der Waals surface area contributed by atoms with Crippen molar-refractivity contribution in [2.75, 3.05) is 0 Å². The predicted molar refractivity (Wildman–Crippen MR) is 76.3 cm³/mol. The summed E-state index contributed by atoms with van der Waals surface area (Å²) >= 11 is 0. The summed E-state index contributed by atoms with van der Waals surface area (Å²) in [6, 6.07) is 17.2. The molecule has 0 N–H and O–H groups in total. The third-order valence-electron chi connectivity index (χ3n) is 3.49. The lowest BCUT2D eigenvalue weighted by atomic mass is 10.1. The van der Waals surface area contributed by atoms with Crippen molar-refractivity contribution in [1.29, 1.82) is 0 Å². The van der Waals surface area contributed by atoms with E-state index < -0.39 is 0 Å². The van der Waals surface area contributed by atoms with E-state index in [0.29, 0.717) is 22.5 Å². The average Bonchev–Trinajstić information content (AvgIpc) is 2.81. The van der Waals surface area contributed by atoms with Gasteiger partial charge in [0.1, 0.15) is 11.4 Å². The van der Waals surface area contributed by atoms with Gasteiger partial charge < -0.3 is 0 Å². The van der Waals surface area contributed by atoms with E-state index >= 15 is 0 Å². The van der Waals surface area contributed by atoms with Crippen LogP contribution in [0.25, 0.3) is 22.6 Å². The van der Waals surface area contributed by atoms with Gasteiger partial charge in [-0.2, -0.15) is 0 Å². The Morgan fingerprint density at radius 3 is 2.40 bits per heavy atom. The first-order valence-electron chi connectivity index (χ1n) is 6.41. The molecule has 0 radical (unpaired) electrons. The third kappa shape index (κ3) is 1.50. The first-order chi connectivity index (χ1) is 9.84. The largest absolute Gasteiger partial charge is 0.288 e. The Morgan fingerprint density at radius 2 is 1.55 bits per heavy atom. The minimum atomic E-state index is 0.00946. The molecule has 2 aromatic heterocycles. The van der Waals surface area contributed by atoms with Crippen LogP contribution < -0.4 is 0 Å². The van der Waals surface area contributed by atoms with Gasteiger partial charge in [0, 0.05) is 11.8 Å². The van der Waals surface area contributed by atoms with Crippen molar-refractivity contribution in [1.82, 2.24) is 9.97 Å². The maximum Gasteiger partial charge on any atom is 0.197 e. The van der Waals surface area contributed by atoms with E-state index in [4.69, 9.17) is 0 Å². The van der Waals surface area contributed by atoms with Gasteiger partial charge in [0.05, 0.1) is 16.8 Å². The van der Waals surface area contributed by atoms with E-state index in [-0.39, 0.29) is 5.78 Å². The van der Waals surface area contributed by atoms with Crippen LogP contribution in [0.5, 0.6) is 0 Å². The van der Waals surface area contributed by atoms with Crippen molar-refractivity contribution in [2.24, 2.45) is 0 Å². The number of hydrogen-bond acceptors (Lipinski definition) is 3. The number of rotatable bonds is 1. The zero-order valence-corrected chi connectivity index (χ0v) is 10.6. The number of nitrogens with zero attached hydrogens (tertiary/aromatic N) is 2. The molecule has 1 aliphatic carbocycles. The zero-order chi connectivity index (χ0) is 13.5. The zero-order valence-electron chi connectivity index (χ0n) is 10.6.